The number of aliphatic carboxylic acids is 2. The van der Waals surface area contributed by atoms with Gasteiger partial charge >= 0.3 is 11.9 Å². The van der Waals surface area contributed by atoms with Crippen LogP contribution in [0.25, 0.3) is 0 Å². The Morgan fingerprint density at radius 2 is 1.87 bits per heavy atom. The molecule has 15 heavy (non-hydrogen) atoms. The fourth-order valence-electron chi connectivity index (χ4n) is 0.730. The van der Waals surface area contributed by atoms with Crippen molar-refractivity contribution >= 4 is 30.7 Å². The van der Waals surface area contributed by atoms with E-state index in [0.29, 0.717) is 0 Å². The first-order chi connectivity index (χ1) is 6.88. The van der Waals surface area contributed by atoms with Gasteiger partial charge in [0.15, 0.2) is 0 Å². The molecule has 8 heteroatoms. The van der Waals surface area contributed by atoms with Gasteiger partial charge in [0.1, 0.15) is 6.04 Å². The summed E-state index contributed by atoms with van der Waals surface area (Å²) in [4.78, 5) is 32.0. The van der Waals surface area contributed by atoms with Crippen molar-refractivity contribution < 1.29 is 24.6 Å². The lowest BCUT2D eigenvalue weighted by molar-refractivity contribution is -0.147. The van der Waals surface area contributed by atoms with Crippen LogP contribution in [0, 0.1) is 0 Å². The Bertz CT molecular complexity index is 270. The maximum atomic E-state index is 11.2. The molecule has 7 nitrogen and oxygen atoms in total. The van der Waals surface area contributed by atoms with Gasteiger partial charge in [-0.05, 0) is 6.92 Å². The lowest BCUT2D eigenvalue weighted by Gasteiger charge is -2.15. The Kier molecular flexibility index (Phi) is 5.72. The fourth-order valence-corrected chi connectivity index (χ4v) is 0.847. The molecule has 2 atom stereocenters. The van der Waals surface area contributed by atoms with Gasteiger partial charge in [0.05, 0.1) is 12.5 Å². The number of carbonyl (C=O) groups is 3. The highest BCUT2D eigenvalue weighted by Gasteiger charge is 2.24. The molecule has 0 radical (unpaired) electrons. The second kappa shape index (κ2) is 6.25. The van der Waals surface area contributed by atoms with Crippen molar-refractivity contribution in [3.05, 3.63) is 0 Å². The number of hydrogen-bond donors (Lipinski definition) is 5. The van der Waals surface area contributed by atoms with Crippen LogP contribution in [0.5, 0.6) is 0 Å². The number of rotatable bonds is 6. The molecule has 0 fully saturated rings. The lowest BCUT2D eigenvalue weighted by atomic mass is 10.2. The standard InChI is InChI=1S/C7H12N2O5S/c1-3(9-15)6(12)8-4(7(13)14)2-5(10)11/h3-4,9,15H,2H2,1H3,(H,8,12)(H,10,11)(H,13,14)/t3-,4-/m0/s1. The molecule has 0 rings (SSSR count). The molecule has 0 saturated heterocycles. The maximum Gasteiger partial charge on any atom is 0.326 e. The maximum absolute atomic E-state index is 11.2. The van der Waals surface area contributed by atoms with E-state index in [-0.39, 0.29) is 0 Å². The average Bonchev–Trinajstić information content (AvgIpc) is 2.14. The van der Waals surface area contributed by atoms with Crippen molar-refractivity contribution in [3.63, 3.8) is 0 Å². The van der Waals surface area contributed by atoms with Crippen molar-refractivity contribution in [3.8, 4) is 0 Å². The first kappa shape index (κ1) is 13.7. The molecule has 0 aromatic rings. The molecule has 0 aliphatic rings. The molecule has 0 spiro atoms. The normalized spacial score (nSPS) is 14.0. The smallest absolute Gasteiger partial charge is 0.326 e. The number of carbonyl (C=O) groups excluding carboxylic acids is 1. The van der Waals surface area contributed by atoms with Crippen molar-refractivity contribution in [2.75, 3.05) is 0 Å². The number of thiol groups is 1. The minimum atomic E-state index is -1.43. The molecular weight excluding hydrogens is 224 g/mol. The van der Waals surface area contributed by atoms with E-state index in [0.717, 1.165) is 0 Å². The van der Waals surface area contributed by atoms with E-state index in [4.69, 9.17) is 10.2 Å². The van der Waals surface area contributed by atoms with Crippen LogP contribution in [-0.4, -0.2) is 40.1 Å². The molecule has 0 aromatic heterocycles. The van der Waals surface area contributed by atoms with Gasteiger partial charge in [-0.3, -0.25) is 14.3 Å². The van der Waals surface area contributed by atoms with Crippen LogP contribution >= 0.6 is 12.8 Å². The minimum Gasteiger partial charge on any atom is -0.481 e. The van der Waals surface area contributed by atoms with Crippen molar-refractivity contribution in [2.24, 2.45) is 0 Å². The van der Waals surface area contributed by atoms with Gasteiger partial charge in [-0.15, -0.1) is 0 Å². The second-order valence-corrected chi connectivity index (χ2v) is 3.11. The highest BCUT2D eigenvalue weighted by molar-refractivity contribution is 7.78. The van der Waals surface area contributed by atoms with Crippen LogP contribution in [-0.2, 0) is 14.4 Å². The number of carboxylic acids is 2. The fraction of sp³-hybridized carbons (Fsp3) is 0.571. The lowest BCUT2D eigenvalue weighted by Crippen LogP contribution is -2.48. The monoisotopic (exact) mass is 236 g/mol. The third kappa shape index (κ3) is 5.23. The zero-order valence-electron chi connectivity index (χ0n) is 7.93. The summed E-state index contributed by atoms with van der Waals surface area (Å²) >= 11 is 3.62. The van der Waals surface area contributed by atoms with Crippen LogP contribution in [0.3, 0.4) is 0 Å². The molecule has 0 saturated carbocycles. The van der Waals surface area contributed by atoms with Crippen LogP contribution in [0.4, 0.5) is 0 Å². The van der Waals surface area contributed by atoms with Gasteiger partial charge in [0, 0.05) is 0 Å². The zero-order chi connectivity index (χ0) is 12.0. The zero-order valence-corrected chi connectivity index (χ0v) is 8.82. The summed E-state index contributed by atoms with van der Waals surface area (Å²) in [5, 5.41) is 19.1. The van der Waals surface area contributed by atoms with Gasteiger partial charge in [0.2, 0.25) is 5.91 Å². The molecular formula is C7H12N2O5S. The highest BCUT2D eigenvalue weighted by Crippen LogP contribution is 1.94. The van der Waals surface area contributed by atoms with Gasteiger partial charge in [-0.25, -0.2) is 4.79 Å². The Hall–Kier alpha value is -1.28. The van der Waals surface area contributed by atoms with Crippen LogP contribution in [0.1, 0.15) is 13.3 Å². The molecule has 4 N–H and O–H groups in total. The minimum absolute atomic E-state index is 0.626. The Labute approximate surface area is 91.4 Å². The summed E-state index contributed by atoms with van der Waals surface area (Å²) in [5.41, 5.74) is 0. The third-order valence-electron chi connectivity index (χ3n) is 1.58. The van der Waals surface area contributed by atoms with Gasteiger partial charge in [-0.2, -0.15) is 0 Å². The summed E-state index contributed by atoms with van der Waals surface area (Å²) < 4.78 is 2.30. The largest absolute Gasteiger partial charge is 0.481 e. The van der Waals surface area contributed by atoms with Gasteiger partial charge < -0.3 is 15.5 Å². The topological polar surface area (TPSA) is 116 Å². The first-order valence-corrected chi connectivity index (χ1v) is 4.47. The molecule has 0 aliphatic carbocycles. The Morgan fingerprint density at radius 1 is 1.33 bits per heavy atom. The average molecular weight is 236 g/mol. The summed E-state index contributed by atoms with van der Waals surface area (Å²) in [6, 6.07) is -2.14. The van der Waals surface area contributed by atoms with E-state index in [1.54, 1.807) is 0 Å². The van der Waals surface area contributed by atoms with E-state index in [1.807, 2.05) is 0 Å². The summed E-state index contributed by atoms with van der Waals surface area (Å²) in [5.74, 6) is -3.31. The Morgan fingerprint density at radius 3 is 2.20 bits per heavy atom. The number of hydrogen-bond acceptors (Lipinski definition) is 5. The predicted octanol–water partition coefficient (Wildman–Crippen LogP) is -1.15. The molecule has 0 bridgehead atoms. The molecule has 1 amide bonds. The summed E-state index contributed by atoms with van der Waals surface area (Å²) in [6.07, 6.45) is -0.666. The van der Waals surface area contributed by atoms with E-state index in [2.05, 4.69) is 22.9 Å². The van der Waals surface area contributed by atoms with Crippen LogP contribution in [0.2, 0.25) is 0 Å². The number of amides is 1. The van der Waals surface area contributed by atoms with Crippen LogP contribution in [0.15, 0.2) is 0 Å². The van der Waals surface area contributed by atoms with Crippen molar-refractivity contribution in [1.82, 2.24) is 10.0 Å². The third-order valence-corrected chi connectivity index (χ3v) is 1.97. The van der Waals surface area contributed by atoms with E-state index >= 15 is 0 Å². The number of nitrogens with one attached hydrogen (secondary N) is 2. The highest BCUT2D eigenvalue weighted by atomic mass is 32.1. The Balaban J connectivity index is 4.35. The summed E-state index contributed by atoms with van der Waals surface area (Å²) in [7, 11) is 0. The molecule has 0 aromatic carbocycles. The van der Waals surface area contributed by atoms with Crippen molar-refractivity contribution in [1.29, 1.82) is 0 Å². The molecule has 0 aliphatic heterocycles. The first-order valence-electron chi connectivity index (χ1n) is 4.03. The molecule has 0 heterocycles. The van der Waals surface area contributed by atoms with E-state index < -0.39 is 36.4 Å². The van der Waals surface area contributed by atoms with Crippen molar-refractivity contribution in [2.45, 2.75) is 25.4 Å². The second-order valence-electron chi connectivity index (χ2n) is 2.85. The predicted molar refractivity (Wildman–Crippen MR) is 53.4 cm³/mol. The van der Waals surface area contributed by atoms with E-state index in [9.17, 15) is 14.4 Å². The van der Waals surface area contributed by atoms with Gasteiger partial charge in [0.25, 0.3) is 0 Å². The van der Waals surface area contributed by atoms with E-state index in [1.165, 1.54) is 6.92 Å². The van der Waals surface area contributed by atoms with Gasteiger partial charge in [-0.1, -0.05) is 12.8 Å². The SMILES string of the molecule is C[C@H](NS)C(=O)N[C@@H](CC(=O)O)C(=O)O. The quantitative estimate of drug-likeness (QED) is 0.372. The van der Waals surface area contributed by atoms with Crippen LogP contribution < -0.4 is 10.0 Å². The summed E-state index contributed by atoms with van der Waals surface area (Å²) in [6.45, 7) is 1.46. The molecule has 0 unspecified atom stereocenters. The number of carboxylic acid groups (broad SMARTS) is 2. The molecule has 86 valence electrons.